The molecule has 0 bridgehead atoms. The van der Waals surface area contributed by atoms with Gasteiger partial charge in [-0.1, -0.05) is 19.1 Å². The Kier molecular flexibility index (Phi) is 2.31. The first kappa shape index (κ1) is 10.3. The summed E-state index contributed by atoms with van der Waals surface area (Å²) >= 11 is 0. The normalized spacial score (nSPS) is 46.6. The van der Waals surface area contributed by atoms with E-state index >= 15 is 0 Å². The summed E-state index contributed by atoms with van der Waals surface area (Å²) in [7, 11) is 0. The molecule has 0 aromatic rings. The predicted octanol–water partition coefficient (Wildman–Crippen LogP) is 3.37. The molecular weight excluding hydrogens is 196 g/mol. The van der Waals surface area contributed by atoms with E-state index in [0.717, 1.165) is 17.9 Å². The molecule has 5 unspecified atom stereocenters. The van der Waals surface area contributed by atoms with E-state index in [1.807, 2.05) is 0 Å². The molecule has 0 aromatic heterocycles. The van der Waals surface area contributed by atoms with Crippen LogP contribution in [0.3, 0.4) is 0 Å². The Hall–Kier alpha value is -0.850. The molecule has 0 heterocycles. The highest BCUT2D eigenvalue weighted by Crippen LogP contribution is 2.56. The Morgan fingerprint density at radius 1 is 1.12 bits per heavy atom. The van der Waals surface area contributed by atoms with Crippen LogP contribution in [0.2, 0.25) is 0 Å². The van der Waals surface area contributed by atoms with Gasteiger partial charge in [0.05, 0.1) is 0 Å². The van der Waals surface area contributed by atoms with E-state index in [1.165, 1.54) is 25.7 Å². The van der Waals surface area contributed by atoms with E-state index in [4.69, 9.17) is 0 Å². The highest BCUT2D eigenvalue weighted by molar-refractivity contribution is 6.00. The minimum Gasteiger partial charge on any atom is -0.294 e. The van der Waals surface area contributed by atoms with E-state index in [-0.39, 0.29) is 0 Å². The molecule has 86 valence electrons. The molecule has 3 fully saturated rings. The van der Waals surface area contributed by atoms with Crippen molar-refractivity contribution in [1.29, 1.82) is 0 Å². The Bertz CT molecular complexity index is 338. The number of rotatable bonds is 1. The standard InChI is InChI=1S/C15H20O/c1-3-10-7-8-13-14-11(9(2)15(13)16)5-4-6-12(10)14/h3,10-14H,1-2,4-8H2. The van der Waals surface area contributed by atoms with Crippen LogP contribution in [0.4, 0.5) is 0 Å². The van der Waals surface area contributed by atoms with Crippen molar-refractivity contribution >= 4 is 5.78 Å². The smallest absolute Gasteiger partial charge is 0.161 e. The van der Waals surface area contributed by atoms with Gasteiger partial charge in [-0.25, -0.2) is 0 Å². The summed E-state index contributed by atoms with van der Waals surface area (Å²) in [5.74, 6) is 3.22. The van der Waals surface area contributed by atoms with Crippen molar-refractivity contribution < 1.29 is 4.79 Å². The zero-order valence-corrected chi connectivity index (χ0v) is 9.82. The average molecular weight is 216 g/mol. The Balaban J connectivity index is 1.97. The quantitative estimate of drug-likeness (QED) is 0.485. The van der Waals surface area contributed by atoms with Crippen LogP contribution < -0.4 is 0 Å². The SMILES string of the molecule is C=CC1CCC2C(=O)C(=C)C3CCCC1C32. The molecule has 1 heteroatoms. The van der Waals surface area contributed by atoms with Crippen LogP contribution in [-0.4, -0.2) is 5.78 Å². The zero-order chi connectivity index (χ0) is 11.3. The Labute approximate surface area is 97.6 Å². The summed E-state index contributed by atoms with van der Waals surface area (Å²) in [4.78, 5) is 12.2. The molecule has 3 aliphatic carbocycles. The number of Topliss-reactive ketones (excluding diaryl/α,β-unsaturated/α-hetero) is 1. The third kappa shape index (κ3) is 1.20. The Morgan fingerprint density at radius 2 is 1.94 bits per heavy atom. The number of hydrogen-bond acceptors (Lipinski definition) is 1. The maximum atomic E-state index is 12.2. The van der Waals surface area contributed by atoms with Crippen molar-refractivity contribution in [2.75, 3.05) is 0 Å². The first-order valence-corrected chi connectivity index (χ1v) is 6.59. The minimum atomic E-state index is 0.319. The van der Waals surface area contributed by atoms with Crippen LogP contribution in [0, 0.1) is 29.6 Å². The lowest BCUT2D eigenvalue weighted by atomic mass is 9.60. The predicted molar refractivity (Wildman–Crippen MR) is 64.9 cm³/mol. The molecule has 0 radical (unpaired) electrons. The van der Waals surface area contributed by atoms with Gasteiger partial charge in [-0.15, -0.1) is 6.58 Å². The van der Waals surface area contributed by atoms with Gasteiger partial charge in [0.1, 0.15) is 0 Å². The fourth-order valence-electron chi connectivity index (χ4n) is 4.54. The molecule has 0 N–H and O–H groups in total. The lowest BCUT2D eigenvalue weighted by Gasteiger charge is -2.43. The van der Waals surface area contributed by atoms with Crippen molar-refractivity contribution in [2.24, 2.45) is 29.6 Å². The molecule has 0 aliphatic heterocycles. The Morgan fingerprint density at radius 3 is 2.69 bits per heavy atom. The lowest BCUT2D eigenvalue weighted by molar-refractivity contribution is -0.120. The summed E-state index contributed by atoms with van der Waals surface area (Å²) in [6, 6.07) is 0. The molecule has 16 heavy (non-hydrogen) atoms. The number of ketones is 1. The summed E-state index contributed by atoms with van der Waals surface area (Å²) in [6.07, 6.45) is 8.15. The summed E-state index contributed by atoms with van der Waals surface area (Å²) in [5, 5.41) is 0. The van der Waals surface area contributed by atoms with E-state index < -0.39 is 0 Å². The van der Waals surface area contributed by atoms with Gasteiger partial charge < -0.3 is 0 Å². The van der Waals surface area contributed by atoms with E-state index in [1.54, 1.807) is 0 Å². The van der Waals surface area contributed by atoms with Crippen molar-refractivity contribution in [3.63, 3.8) is 0 Å². The van der Waals surface area contributed by atoms with E-state index in [0.29, 0.717) is 29.5 Å². The molecule has 0 aromatic carbocycles. The molecular formula is C15H20O. The average Bonchev–Trinajstić information content (AvgIpc) is 2.57. The summed E-state index contributed by atoms with van der Waals surface area (Å²) in [5.41, 5.74) is 0.949. The third-order valence-corrected chi connectivity index (χ3v) is 5.24. The second-order valence-corrected chi connectivity index (χ2v) is 5.75. The molecule has 3 saturated carbocycles. The van der Waals surface area contributed by atoms with Gasteiger partial charge in [-0.3, -0.25) is 4.79 Å². The number of carbonyl (C=O) groups excluding carboxylic acids is 1. The van der Waals surface area contributed by atoms with Crippen LogP contribution in [0.15, 0.2) is 24.8 Å². The number of hydrogen-bond donors (Lipinski definition) is 0. The van der Waals surface area contributed by atoms with Crippen molar-refractivity contribution in [2.45, 2.75) is 32.1 Å². The topological polar surface area (TPSA) is 17.1 Å². The highest BCUT2D eigenvalue weighted by atomic mass is 16.1. The molecule has 3 aliphatic rings. The maximum absolute atomic E-state index is 12.2. The molecule has 5 atom stereocenters. The molecule has 3 rings (SSSR count). The van der Waals surface area contributed by atoms with Crippen molar-refractivity contribution in [1.82, 2.24) is 0 Å². The van der Waals surface area contributed by atoms with Crippen LogP contribution in [0.1, 0.15) is 32.1 Å². The van der Waals surface area contributed by atoms with E-state index in [9.17, 15) is 4.79 Å². The van der Waals surface area contributed by atoms with Gasteiger partial charge in [0.15, 0.2) is 5.78 Å². The first-order chi connectivity index (χ1) is 7.74. The molecule has 0 spiro atoms. The lowest BCUT2D eigenvalue weighted by Crippen LogP contribution is -2.38. The second-order valence-electron chi connectivity index (χ2n) is 5.75. The van der Waals surface area contributed by atoms with Crippen LogP contribution in [-0.2, 0) is 4.79 Å². The van der Waals surface area contributed by atoms with E-state index in [2.05, 4.69) is 19.2 Å². The molecule has 0 amide bonds. The summed E-state index contributed by atoms with van der Waals surface area (Å²) < 4.78 is 0. The maximum Gasteiger partial charge on any atom is 0.161 e. The third-order valence-electron chi connectivity index (χ3n) is 5.24. The first-order valence-electron chi connectivity index (χ1n) is 6.59. The molecule has 1 nitrogen and oxygen atoms in total. The monoisotopic (exact) mass is 216 g/mol. The number of carbonyl (C=O) groups is 1. The summed E-state index contributed by atoms with van der Waals surface area (Å²) in [6.45, 7) is 8.03. The van der Waals surface area contributed by atoms with Crippen LogP contribution in [0.5, 0.6) is 0 Å². The van der Waals surface area contributed by atoms with Crippen molar-refractivity contribution in [3.05, 3.63) is 24.8 Å². The van der Waals surface area contributed by atoms with Gasteiger partial charge in [0, 0.05) is 5.92 Å². The van der Waals surface area contributed by atoms with Crippen molar-refractivity contribution in [3.8, 4) is 0 Å². The fourth-order valence-corrected chi connectivity index (χ4v) is 4.54. The largest absolute Gasteiger partial charge is 0.294 e. The highest BCUT2D eigenvalue weighted by Gasteiger charge is 2.53. The fraction of sp³-hybridized carbons (Fsp3) is 0.667. The van der Waals surface area contributed by atoms with Gasteiger partial charge in [-0.2, -0.15) is 0 Å². The van der Waals surface area contributed by atoms with Gasteiger partial charge in [-0.05, 0) is 54.9 Å². The molecule has 0 saturated heterocycles. The second kappa shape index (κ2) is 3.58. The van der Waals surface area contributed by atoms with Gasteiger partial charge >= 0.3 is 0 Å². The number of allylic oxidation sites excluding steroid dienone is 2. The van der Waals surface area contributed by atoms with Crippen LogP contribution >= 0.6 is 0 Å². The van der Waals surface area contributed by atoms with Gasteiger partial charge in [0.2, 0.25) is 0 Å². The minimum absolute atomic E-state index is 0.319. The van der Waals surface area contributed by atoms with Gasteiger partial charge in [0.25, 0.3) is 0 Å². The zero-order valence-electron chi connectivity index (χ0n) is 9.82. The van der Waals surface area contributed by atoms with Crippen LogP contribution in [0.25, 0.3) is 0 Å².